The van der Waals surface area contributed by atoms with Gasteiger partial charge in [0.25, 0.3) is 0 Å². The van der Waals surface area contributed by atoms with E-state index in [9.17, 15) is 13.2 Å². The fraction of sp³-hybridized carbons (Fsp3) is 1.00. The first-order chi connectivity index (χ1) is 8.41. The lowest BCUT2D eigenvalue weighted by Gasteiger charge is -2.36. The zero-order valence-electron chi connectivity index (χ0n) is 11.4. The summed E-state index contributed by atoms with van der Waals surface area (Å²) in [6, 6.07) is 0. The second kappa shape index (κ2) is 6.75. The first-order valence-corrected chi connectivity index (χ1v) is 6.95. The topological polar surface area (TPSA) is 15.3 Å². The van der Waals surface area contributed by atoms with Crippen molar-refractivity contribution in [2.45, 2.75) is 57.7 Å². The van der Waals surface area contributed by atoms with Gasteiger partial charge in [0, 0.05) is 12.1 Å². The summed E-state index contributed by atoms with van der Waals surface area (Å²) in [6.07, 6.45) is 0.717. The maximum absolute atomic E-state index is 12.6. The Kier molecular flexibility index (Phi) is 5.92. The fourth-order valence-corrected chi connectivity index (χ4v) is 2.99. The van der Waals surface area contributed by atoms with Crippen LogP contribution < -0.4 is 5.32 Å². The van der Waals surface area contributed by atoms with E-state index >= 15 is 0 Å². The lowest BCUT2D eigenvalue weighted by Crippen LogP contribution is -2.51. The van der Waals surface area contributed by atoms with Gasteiger partial charge in [0.15, 0.2) is 0 Å². The molecule has 0 aliphatic carbocycles. The van der Waals surface area contributed by atoms with Crippen LogP contribution >= 0.6 is 0 Å². The van der Waals surface area contributed by atoms with E-state index in [1.807, 2.05) is 6.92 Å². The van der Waals surface area contributed by atoms with Crippen LogP contribution in [0.15, 0.2) is 0 Å². The van der Waals surface area contributed by atoms with Crippen LogP contribution in [0.5, 0.6) is 0 Å². The highest BCUT2D eigenvalue weighted by Gasteiger charge is 2.37. The van der Waals surface area contributed by atoms with Crippen molar-refractivity contribution in [1.29, 1.82) is 0 Å². The van der Waals surface area contributed by atoms with E-state index in [1.54, 1.807) is 4.90 Å². The average molecular weight is 266 g/mol. The molecule has 0 saturated carbocycles. The van der Waals surface area contributed by atoms with Crippen molar-refractivity contribution in [3.63, 3.8) is 0 Å². The lowest BCUT2D eigenvalue weighted by atomic mass is 9.91. The number of alkyl halides is 3. The Hall–Kier alpha value is -0.290. The molecule has 5 heteroatoms. The summed E-state index contributed by atoms with van der Waals surface area (Å²) < 4.78 is 37.7. The van der Waals surface area contributed by atoms with E-state index in [0.29, 0.717) is 13.1 Å². The summed E-state index contributed by atoms with van der Waals surface area (Å²) in [7, 11) is 0. The molecule has 0 aromatic rings. The minimum absolute atomic E-state index is 0.0881. The van der Waals surface area contributed by atoms with Gasteiger partial charge in [-0.25, -0.2) is 0 Å². The highest BCUT2D eigenvalue weighted by Crippen LogP contribution is 2.27. The van der Waals surface area contributed by atoms with Crippen LogP contribution in [0.2, 0.25) is 0 Å². The second-order valence-corrected chi connectivity index (χ2v) is 5.39. The van der Waals surface area contributed by atoms with Crippen molar-refractivity contribution in [3.05, 3.63) is 0 Å². The Morgan fingerprint density at radius 2 is 1.94 bits per heavy atom. The summed E-state index contributed by atoms with van der Waals surface area (Å²) in [5.41, 5.74) is -0.0881. The molecule has 0 bridgehead atoms. The summed E-state index contributed by atoms with van der Waals surface area (Å²) >= 11 is 0. The molecule has 1 heterocycles. The van der Waals surface area contributed by atoms with Gasteiger partial charge in [-0.2, -0.15) is 13.2 Å². The van der Waals surface area contributed by atoms with Crippen molar-refractivity contribution in [3.8, 4) is 0 Å². The monoisotopic (exact) mass is 266 g/mol. The van der Waals surface area contributed by atoms with Gasteiger partial charge in [-0.1, -0.05) is 20.3 Å². The molecule has 1 fully saturated rings. The zero-order valence-corrected chi connectivity index (χ0v) is 11.4. The largest absolute Gasteiger partial charge is 0.401 e. The molecule has 0 aromatic heterocycles. The van der Waals surface area contributed by atoms with Gasteiger partial charge in [0.05, 0.1) is 6.54 Å². The third kappa shape index (κ3) is 5.14. The van der Waals surface area contributed by atoms with Gasteiger partial charge < -0.3 is 5.32 Å². The van der Waals surface area contributed by atoms with Gasteiger partial charge in [0.1, 0.15) is 0 Å². The van der Waals surface area contributed by atoms with Crippen LogP contribution in [0.3, 0.4) is 0 Å². The van der Waals surface area contributed by atoms with Gasteiger partial charge in [0.2, 0.25) is 0 Å². The molecule has 1 unspecified atom stereocenters. The molecule has 1 N–H and O–H groups in total. The normalized spacial score (nSPS) is 25.0. The molecule has 0 aromatic carbocycles. The van der Waals surface area contributed by atoms with Crippen LogP contribution in [0.25, 0.3) is 0 Å². The lowest BCUT2D eigenvalue weighted by molar-refractivity contribution is -0.147. The number of hydrogen-bond donors (Lipinski definition) is 1. The summed E-state index contributed by atoms with van der Waals surface area (Å²) in [4.78, 5) is 1.56. The minimum atomic E-state index is -4.10. The predicted molar refractivity (Wildman–Crippen MR) is 67.7 cm³/mol. The Labute approximate surface area is 108 Å². The molecule has 2 nitrogen and oxygen atoms in total. The number of nitrogens with one attached hydrogen (secondary N) is 1. The second-order valence-electron chi connectivity index (χ2n) is 5.39. The van der Waals surface area contributed by atoms with Crippen LogP contribution in [0, 0.1) is 0 Å². The molecule has 1 aliphatic heterocycles. The standard InChI is InChI=1S/C13H25F3N2/c1-3-6-12(7-5-8-17-12)10-18(9-4-2)11-13(14,15)16/h17H,3-11H2,1-2H3. The van der Waals surface area contributed by atoms with Crippen molar-refractivity contribution in [2.24, 2.45) is 0 Å². The van der Waals surface area contributed by atoms with Gasteiger partial charge in [-0.05, 0) is 38.8 Å². The summed E-state index contributed by atoms with van der Waals surface area (Å²) in [6.45, 7) is 5.22. The average Bonchev–Trinajstić information content (AvgIpc) is 2.64. The number of halogens is 3. The van der Waals surface area contributed by atoms with E-state index in [2.05, 4.69) is 12.2 Å². The van der Waals surface area contributed by atoms with E-state index in [0.717, 1.165) is 38.6 Å². The zero-order chi connectivity index (χ0) is 13.6. The smallest absolute Gasteiger partial charge is 0.310 e. The van der Waals surface area contributed by atoms with E-state index < -0.39 is 12.7 Å². The SMILES string of the molecule is CCCN(CC(F)(F)F)CC1(CCC)CCCN1. The molecule has 18 heavy (non-hydrogen) atoms. The Morgan fingerprint density at radius 3 is 2.39 bits per heavy atom. The maximum Gasteiger partial charge on any atom is 0.401 e. The number of hydrogen-bond acceptors (Lipinski definition) is 2. The number of nitrogens with zero attached hydrogens (tertiary/aromatic N) is 1. The molecular weight excluding hydrogens is 241 g/mol. The van der Waals surface area contributed by atoms with E-state index in [1.165, 1.54) is 0 Å². The van der Waals surface area contributed by atoms with Crippen LogP contribution in [-0.2, 0) is 0 Å². The van der Waals surface area contributed by atoms with Crippen LogP contribution in [-0.4, -0.2) is 42.8 Å². The van der Waals surface area contributed by atoms with Crippen LogP contribution in [0.4, 0.5) is 13.2 Å². The van der Waals surface area contributed by atoms with Gasteiger partial charge >= 0.3 is 6.18 Å². The van der Waals surface area contributed by atoms with E-state index in [4.69, 9.17) is 0 Å². The Bertz CT molecular complexity index is 235. The third-order valence-electron chi connectivity index (χ3n) is 3.53. The summed E-state index contributed by atoms with van der Waals surface area (Å²) in [5.74, 6) is 0. The highest BCUT2D eigenvalue weighted by molar-refractivity contribution is 4.95. The van der Waals surface area contributed by atoms with Crippen LogP contribution in [0.1, 0.15) is 46.0 Å². The summed E-state index contributed by atoms with van der Waals surface area (Å²) in [5, 5.41) is 3.44. The van der Waals surface area contributed by atoms with Crippen molar-refractivity contribution >= 4 is 0 Å². The van der Waals surface area contributed by atoms with Crippen molar-refractivity contribution < 1.29 is 13.2 Å². The van der Waals surface area contributed by atoms with E-state index in [-0.39, 0.29) is 5.54 Å². The molecule has 0 amide bonds. The molecule has 1 atom stereocenters. The van der Waals surface area contributed by atoms with Gasteiger partial charge in [-0.15, -0.1) is 0 Å². The third-order valence-corrected chi connectivity index (χ3v) is 3.53. The van der Waals surface area contributed by atoms with Crippen molar-refractivity contribution in [1.82, 2.24) is 10.2 Å². The van der Waals surface area contributed by atoms with Gasteiger partial charge in [-0.3, -0.25) is 4.90 Å². The molecule has 108 valence electrons. The molecule has 0 radical (unpaired) electrons. The quantitative estimate of drug-likeness (QED) is 0.761. The first-order valence-electron chi connectivity index (χ1n) is 6.95. The molecule has 1 aliphatic rings. The first kappa shape index (κ1) is 15.8. The Morgan fingerprint density at radius 1 is 1.22 bits per heavy atom. The highest BCUT2D eigenvalue weighted by atomic mass is 19.4. The molecular formula is C13H25F3N2. The maximum atomic E-state index is 12.6. The molecule has 1 saturated heterocycles. The predicted octanol–water partition coefficient (Wildman–Crippen LogP) is 3.18. The Balaban J connectivity index is 2.62. The van der Waals surface area contributed by atoms with Crippen molar-refractivity contribution in [2.75, 3.05) is 26.2 Å². The number of rotatable bonds is 7. The fourth-order valence-electron chi connectivity index (χ4n) is 2.99. The molecule has 1 rings (SSSR count). The minimum Gasteiger partial charge on any atom is -0.310 e. The molecule has 0 spiro atoms.